The molecule has 0 N–H and O–H groups in total. The van der Waals surface area contributed by atoms with E-state index in [1.807, 2.05) is 0 Å². The molecule has 1 rings (SSSR count). The minimum atomic E-state index is -0.516. The van der Waals surface area contributed by atoms with Crippen molar-refractivity contribution in [3.8, 4) is 0 Å². The third-order valence-corrected chi connectivity index (χ3v) is 1.46. The molecule has 0 aliphatic heterocycles. The number of carbonyl (C=O) groups excluding carboxylic acids is 1. The third kappa shape index (κ3) is 1.84. The molecule has 0 aliphatic rings. The number of carbonyl (C=O) groups is 1. The van der Waals surface area contributed by atoms with Crippen LogP contribution in [0.3, 0.4) is 0 Å². The van der Waals surface area contributed by atoms with Crippen LogP contribution in [0.25, 0.3) is 0 Å². The molecule has 0 bridgehead atoms. The molecule has 4 heteroatoms. The summed E-state index contributed by atoms with van der Waals surface area (Å²) in [5, 5.41) is 0. The zero-order valence-corrected chi connectivity index (χ0v) is 6.93. The van der Waals surface area contributed by atoms with Gasteiger partial charge in [0.15, 0.2) is 0 Å². The van der Waals surface area contributed by atoms with Gasteiger partial charge in [0.25, 0.3) is 0 Å². The Hall–Kier alpha value is -1.32. The first-order valence-corrected chi connectivity index (χ1v) is 3.49. The lowest BCUT2D eigenvalue weighted by molar-refractivity contribution is 0.0600. The van der Waals surface area contributed by atoms with Crippen molar-refractivity contribution in [1.82, 2.24) is 0 Å². The first-order chi connectivity index (χ1) is 5.63. The van der Waals surface area contributed by atoms with Crippen molar-refractivity contribution in [2.45, 2.75) is 0 Å². The van der Waals surface area contributed by atoms with Crippen LogP contribution in [0.1, 0.15) is 10.4 Å². The number of rotatable bonds is 1. The molecule has 0 heterocycles. The molecule has 12 heavy (non-hydrogen) atoms. The van der Waals surface area contributed by atoms with Gasteiger partial charge in [-0.15, -0.1) is 0 Å². The summed E-state index contributed by atoms with van der Waals surface area (Å²) < 4.78 is 17.2. The minimum absolute atomic E-state index is 0.245. The van der Waals surface area contributed by atoms with Crippen LogP contribution in [0.2, 0.25) is 0 Å². The molecular formula is C8H8BFO2. The molecule has 1 aromatic rings. The van der Waals surface area contributed by atoms with E-state index in [0.29, 0.717) is 5.46 Å². The highest BCUT2D eigenvalue weighted by Crippen LogP contribution is 2.02. The Morgan fingerprint density at radius 2 is 2.17 bits per heavy atom. The Kier molecular flexibility index (Phi) is 2.48. The van der Waals surface area contributed by atoms with Crippen molar-refractivity contribution in [2.75, 3.05) is 7.11 Å². The molecule has 62 valence electrons. The second-order valence-corrected chi connectivity index (χ2v) is 2.51. The predicted octanol–water partition coefficient (Wildman–Crippen LogP) is -0.129. The minimum Gasteiger partial charge on any atom is -0.465 e. The number of halogens is 1. The second kappa shape index (κ2) is 3.39. The van der Waals surface area contributed by atoms with Crippen LogP contribution in [0.5, 0.6) is 0 Å². The maximum absolute atomic E-state index is 12.7. The van der Waals surface area contributed by atoms with Crippen LogP contribution < -0.4 is 5.46 Å². The number of methoxy groups -OCH3 is 1. The van der Waals surface area contributed by atoms with E-state index in [1.165, 1.54) is 13.2 Å². The first kappa shape index (κ1) is 8.78. The molecule has 0 fully saturated rings. The third-order valence-electron chi connectivity index (χ3n) is 1.46. The smallest absolute Gasteiger partial charge is 0.337 e. The van der Waals surface area contributed by atoms with E-state index in [4.69, 9.17) is 0 Å². The molecule has 1 aromatic carbocycles. The highest BCUT2D eigenvalue weighted by atomic mass is 19.1. The number of benzene rings is 1. The molecule has 0 spiro atoms. The lowest BCUT2D eigenvalue weighted by atomic mass is 9.94. The van der Waals surface area contributed by atoms with Crippen LogP contribution in [0.4, 0.5) is 4.39 Å². The zero-order chi connectivity index (χ0) is 9.14. The van der Waals surface area contributed by atoms with Crippen molar-refractivity contribution in [1.29, 1.82) is 0 Å². The summed E-state index contributed by atoms with van der Waals surface area (Å²) in [4.78, 5) is 10.9. The number of hydrogen-bond donors (Lipinski definition) is 0. The van der Waals surface area contributed by atoms with Gasteiger partial charge >= 0.3 is 5.97 Å². The fourth-order valence-electron chi connectivity index (χ4n) is 0.972. The van der Waals surface area contributed by atoms with Crippen molar-refractivity contribution in [3.05, 3.63) is 29.6 Å². The van der Waals surface area contributed by atoms with E-state index >= 15 is 0 Å². The zero-order valence-electron chi connectivity index (χ0n) is 6.93. The van der Waals surface area contributed by atoms with Gasteiger partial charge in [-0.2, -0.15) is 0 Å². The van der Waals surface area contributed by atoms with Gasteiger partial charge in [-0.25, -0.2) is 9.18 Å². The summed E-state index contributed by atoms with van der Waals surface area (Å²) in [5.41, 5.74) is 0.949. The van der Waals surface area contributed by atoms with E-state index in [9.17, 15) is 9.18 Å². The van der Waals surface area contributed by atoms with Crippen molar-refractivity contribution in [2.24, 2.45) is 0 Å². The molecule has 0 aromatic heterocycles. The Morgan fingerprint density at radius 3 is 2.67 bits per heavy atom. The summed E-state index contributed by atoms with van der Waals surface area (Å²) in [5.74, 6) is -0.937. The number of esters is 1. The van der Waals surface area contributed by atoms with E-state index in [1.54, 1.807) is 13.9 Å². The molecule has 0 amide bonds. The van der Waals surface area contributed by atoms with Gasteiger partial charge in [-0.1, -0.05) is 11.5 Å². The van der Waals surface area contributed by atoms with Crippen molar-refractivity contribution < 1.29 is 13.9 Å². The van der Waals surface area contributed by atoms with Gasteiger partial charge < -0.3 is 4.74 Å². The van der Waals surface area contributed by atoms with Crippen LogP contribution in [0.15, 0.2) is 18.2 Å². The quantitative estimate of drug-likeness (QED) is 0.429. The summed E-state index contributed by atoms with van der Waals surface area (Å²) in [6, 6.07) is 4.08. The van der Waals surface area contributed by atoms with Crippen molar-refractivity contribution >= 4 is 19.3 Å². The van der Waals surface area contributed by atoms with E-state index < -0.39 is 11.8 Å². The van der Waals surface area contributed by atoms with E-state index in [2.05, 4.69) is 4.74 Å². The fourth-order valence-corrected chi connectivity index (χ4v) is 0.972. The standard InChI is InChI=1S/C8H8BFO2/c1-12-8(11)5-2-6(9)4-7(10)3-5/h2-4H,9H2,1H3. The second-order valence-electron chi connectivity index (χ2n) is 2.51. The largest absolute Gasteiger partial charge is 0.465 e. The van der Waals surface area contributed by atoms with Crippen LogP contribution in [-0.4, -0.2) is 20.9 Å². The Morgan fingerprint density at radius 1 is 1.50 bits per heavy atom. The highest BCUT2D eigenvalue weighted by Gasteiger charge is 2.06. The monoisotopic (exact) mass is 166 g/mol. The average Bonchev–Trinajstić information content (AvgIpc) is 2.01. The first-order valence-electron chi connectivity index (χ1n) is 3.49. The lowest BCUT2D eigenvalue weighted by Crippen LogP contribution is -2.09. The van der Waals surface area contributed by atoms with Crippen molar-refractivity contribution in [3.63, 3.8) is 0 Å². The van der Waals surface area contributed by atoms with Gasteiger partial charge in [0.05, 0.1) is 12.7 Å². The Bertz CT molecular complexity index is 292. The molecule has 0 unspecified atom stereocenters. The summed E-state index contributed by atoms with van der Waals surface area (Å²) in [6.07, 6.45) is 0. The molecule has 0 radical (unpaired) electrons. The van der Waals surface area contributed by atoms with Crippen LogP contribution in [0, 0.1) is 5.82 Å². The topological polar surface area (TPSA) is 26.3 Å². The lowest BCUT2D eigenvalue weighted by Gasteiger charge is -2.00. The van der Waals surface area contributed by atoms with Gasteiger partial charge in [-0.3, -0.25) is 0 Å². The average molecular weight is 166 g/mol. The van der Waals surface area contributed by atoms with Gasteiger partial charge in [0, 0.05) is 0 Å². The van der Waals surface area contributed by atoms with E-state index in [-0.39, 0.29) is 5.56 Å². The van der Waals surface area contributed by atoms with Gasteiger partial charge in [0.2, 0.25) is 0 Å². The van der Waals surface area contributed by atoms with Crippen LogP contribution >= 0.6 is 0 Å². The Balaban J connectivity index is 3.08. The summed E-state index contributed by atoms with van der Waals surface area (Å²) >= 11 is 0. The predicted molar refractivity (Wildman–Crippen MR) is 45.9 cm³/mol. The SMILES string of the molecule is Bc1cc(F)cc(C(=O)OC)c1. The maximum atomic E-state index is 12.7. The summed E-state index contributed by atoms with van der Waals surface area (Å²) in [7, 11) is 2.98. The number of hydrogen-bond acceptors (Lipinski definition) is 2. The molecular weight excluding hydrogens is 158 g/mol. The Labute approximate surface area is 70.8 Å². The van der Waals surface area contributed by atoms with Crippen LogP contribution in [-0.2, 0) is 4.74 Å². The van der Waals surface area contributed by atoms with Gasteiger partial charge in [-0.05, 0) is 12.1 Å². The molecule has 0 atom stereocenters. The number of ether oxygens (including phenoxy) is 1. The molecule has 0 saturated heterocycles. The normalized spacial score (nSPS) is 9.50. The maximum Gasteiger partial charge on any atom is 0.337 e. The fraction of sp³-hybridized carbons (Fsp3) is 0.125. The van der Waals surface area contributed by atoms with E-state index in [0.717, 1.165) is 6.07 Å². The molecule has 2 nitrogen and oxygen atoms in total. The van der Waals surface area contributed by atoms with Gasteiger partial charge in [0.1, 0.15) is 13.7 Å². The summed E-state index contributed by atoms with van der Waals surface area (Å²) in [6.45, 7) is 0. The molecule has 0 saturated carbocycles. The highest BCUT2D eigenvalue weighted by molar-refractivity contribution is 6.32. The molecule has 0 aliphatic carbocycles.